The SMILES string of the molecule is CN=C(NCc1ccnc(N2CCN(c3ccc(F)cc3)CC2)c1)NC(C)COC. The van der Waals surface area contributed by atoms with Gasteiger partial charge in [-0.2, -0.15) is 0 Å². The topological polar surface area (TPSA) is 65.0 Å². The highest BCUT2D eigenvalue weighted by Gasteiger charge is 2.18. The van der Waals surface area contributed by atoms with Gasteiger partial charge in [-0.05, 0) is 48.9 Å². The van der Waals surface area contributed by atoms with Gasteiger partial charge in [-0.15, -0.1) is 0 Å². The predicted octanol–water partition coefficient (Wildman–Crippen LogP) is 2.25. The highest BCUT2D eigenvalue weighted by molar-refractivity contribution is 5.79. The van der Waals surface area contributed by atoms with Gasteiger partial charge in [0.25, 0.3) is 0 Å². The smallest absolute Gasteiger partial charge is 0.191 e. The van der Waals surface area contributed by atoms with Crippen LogP contribution >= 0.6 is 0 Å². The van der Waals surface area contributed by atoms with E-state index in [1.165, 1.54) is 12.1 Å². The standard InChI is InChI=1S/C22H31FN6O/c1-17(16-30-3)27-22(24-2)26-15-18-8-9-25-21(14-18)29-12-10-28(11-13-29)20-6-4-19(23)5-7-20/h4-9,14,17H,10-13,15-16H2,1-3H3,(H2,24,26,27). The lowest BCUT2D eigenvalue weighted by atomic mass is 10.2. The van der Waals surface area contributed by atoms with E-state index in [4.69, 9.17) is 4.74 Å². The highest BCUT2D eigenvalue weighted by atomic mass is 19.1. The lowest BCUT2D eigenvalue weighted by Gasteiger charge is -2.36. The molecule has 1 aliphatic heterocycles. The Labute approximate surface area is 178 Å². The molecule has 0 aliphatic carbocycles. The van der Waals surface area contributed by atoms with Crippen LogP contribution in [-0.2, 0) is 11.3 Å². The number of halogens is 1. The Morgan fingerprint density at radius 2 is 1.87 bits per heavy atom. The van der Waals surface area contributed by atoms with Crippen molar-refractivity contribution in [3.63, 3.8) is 0 Å². The average molecular weight is 415 g/mol. The number of pyridine rings is 1. The quantitative estimate of drug-likeness (QED) is 0.535. The molecule has 0 saturated carbocycles. The summed E-state index contributed by atoms with van der Waals surface area (Å²) in [7, 11) is 3.44. The Morgan fingerprint density at radius 1 is 1.17 bits per heavy atom. The van der Waals surface area contributed by atoms with Crippen LogP contribution < -0.4 is 20.4 Å². The molecule has 3 rings (SSSR count). The van der Waals surface area contributed by atoms with Crippen LogP contribution in [0.25, 0.3) is 0 Å². The van der Waals surface area contributed by atoms with Crippen molar-refractivity contribution in [1.82, 2.24) is 15.6 Å². The molecule has 1 saturated heterocycles. The number of piperazine rings is 1. The average Bonchev–Trinajstić information content (AvgIpc) is 2.77. The maximum Gasteiger partial charge on any atom is 0.191 e. The van der Waals surface area contributed by atoms with Gasteiger partial charge >= 0.3 is 0 Å². The molecular weight excluding hydrogens is 383 g/mol. The number of anilines is 2. The number of nitrogens with zero attached hydrogens (tertiary/aromatic N) is 4. The maximum absolute atomic E-state index is 13.2. The summed E-state index contributed by atoms with van der Waals surface area (Å²) in [4.78, 5) is 13.4. The zero-order valence-electron chi connectivity index (χ0n) is 17.9. The third-order valence-corrected chi connectivity index (χ3v) is 5.09. The lowest BCUT2D eigenvalue weighted by Crippen LogP contribution is -2.47. The van der Waals surface area contributed by atoms with E-state index in [1.807, 2.05) is 31.3 Å². The Balaban J connectivity index is 1.53. The number of aromatic nitrogens is 1. The molecule has 8 heteroatoms. The van der Waals surface area contributed by atoms with Gasteiger partial charge in [-0.3, -0.25) is 4.99 Å². The molecule has 2 aromatic rings. The molecule has 0 radical (unpaired) electrons. The van der Waals surface area contributed by atoms with Crippen molar-refractivity contribution < 1.29 is 9.13 Å². The summed E-state index contributed by atoms with van der Waals surface area (Å²) in [6.45, 7) is 6.83. The fourth-order valence-corrected chi connectivity index (χ4v) is 3.49. The number of nitrogens with one attached hydrogen (secondary N) is 2. The van der Waals surface area contributed by atoms with Crippen LogP contribution in [0.2, 0.25) is 0 Å². The summed E-state index contributed by atoms with van der Waals surface area (Å²) >= 11 is 0. The summed E-state index contributed by atoms with van der Waals surface area (Å²) < 4.78 is 18.3. The van der Waals surface area contributed by atoms with E-state index in [2.05, 4.69) is 36.5 Å². The zero-order chi connectivity index (χ0) is 21.3. The van der Waals surface area contributed by atoms with Crippen molar-refractivity contribution in [2.45, 2.75) is 19.5 Å². The highest BCUT2D eigenvalue weighted by Crippen LogP contribution is 2.20. The monoisotopic (exact) mass is 414 g/mol. The molecule has 0 amide bonds. The van der Waals surface area contributed by atoms with Gasteiger partial charge in [-0.25, -0.2) is 9.37 Å². The van der Waals surface area contributed by atoms with Crippen LogP contribution in [0.1, 0.15) is 12.5 Å². The second-order valence-electron chi connectivity index (χ2n) is 7.40. The van der Waals surface area contributed by atoms with E-state index in [-0.39, 0.29) is 11.9 Å². The minimum atomic E-state index is -0.202. The summed E-state index contributed by atoms with van der Waals surface area (Å²) in [6.07, 6.45) is 1.85. The molecule has 0 spiro atoms. The van der Waals surface area contributed by atoms with Crippen molar-refractivity contribution in [1.29, 1.82) is 0 Å². The molecule has 2 N–H and O–H groups in total. The van der Waals surface area contributed by atoms with Gasteiger partial charge in [0.05, 0.1) is 6.61 Å². The van der Waals surface area contributed by atoms with Crippen LogP contribution in [0, 0.1) is 5.82 Å². The molecule has 2 heterocycles. The summed E-state index contributed by atoms with van der Waals surface area (Å²) in [5.74, 6) is 1.52. The number of ether oxygens (including phenoxy) is 1. The second kappa shape index (κ2) is 10.8. The number of rotatable bonds is 7. The predicted molar refractivity (Wildman–Crippen MR) is 120 cm³/mol. The zero-order valence-corrected chi connectivity index (χ0v) is 17.9. The largest absolute Gasteiger partial charge is 0.383 e. The fraction of sp³-hybridized carbons (Fsp3) is 0.455. The molecular formula is C22H31FN6O. The number of methoxy groups -OCH3 is 1. The molecule has 1 aromatic heterocycles. The van der Waals surface area contributed by atoms with Crippen molar-refractivity contribution in [2.75, 3.05) is 56.7 Å². The molecule has 162 valence electrons. The summed E-state index contributed by atoms with van der Waals surface area (Å²) in [5, 5.41) is 6.63. The normalized spacial score (nSPS) is 15.8. The van der Waals surface area contributed by atoms with E-state index < -0.39 is 0 Å². The Morgan fingerprint density at radius 3 is 2.53 bits per heavy atom. The molecule has 0 bridgehead atoms. The first-order valence-corrected chi connectivity index (χ1v) is 10.3. The molecule has 30 heavy (non-hydrogen) atoms. The minimum Gasteiger partial charge on any atom is -0.383 e. The van der Waals surface area contributed by atoms with Gasteiger partial charge in [0, 0.05) is 64.8 Å². The minimum absolute atomic E-state index is 0.173. The number of benzene rings is 1. The van der Waals surface area contributed by atoms with E-state index in [1.54, 1.807) is 14.2 Å². The van der Waals surface area contributed by atoms with Gasteiger partial charge < -0.3 is 25.2 Å². The molecule has 1 atom stereocenters. The summed E-state index contributed by atoms with van der Waals surface area (Å²) in [5.41, 5.74) is 2.20. The van der Waals surface area contributed by atoms with E-state index in [0.29, 0.717) is 13.2 Å². The Hall–Kier alpha value is -2.87. The van der Waals surface area contributed by atoms with E-state index in [9.17, 15) is 4.39 Å². The Bertz CT molecular complexity index is 821. The molecule has 1 fully saturated rings. The van der Waals surface area contributed by atoms with Gasteiger partial charge in [-0.1, -0.05) is 0 Å². The van der Waals surface area contributed by atoms with Crippen LogP contribution in [0.3, 0.4) is 0 Å². The number of guanidine groups is 1. The number of aliphatic imine (C=N–C) groups is 1. The van der Waals surface area contributed by atoms with Crippen molar-refractivity contribution in [3.05, 3.63) is 54.0 Å². The van der Waals surface area contributed by atoms with Crippen molar-refractivity contribution in [3.8, 4) is 0 Å². The van der Waals surface area contributed by atoms with E-state index >= 15 is 0 Å². The van der Waals surface area contributed by atoms with E-state index in [0.717, 1.165) is 49.2 Å². The van der Waals surface area contributed by atoms with Gasteiger partial charge in [0.2, 0.25) is 0 Å². The van der Waals surface area contributed by atoms with Crippen LogP contribution in [0.4, 0.5) is 15.9 Å². The van der Waals surface area contributed by atoms with Gasteiger partial charge in [0.15, 0.2) is 5.96 Å². The van der Waals surface area contributed by atoms with Crippen molar-refractivity contribution >= 4 is 17.5 Å². The fourth-order valence-electron chi connectivity index (χ4n) is 3.49. The first kappa shape index (κ1) is 21.8. The third kappa shape index (κ3) is 6.06. The second-order valence-corrected chi connectivity index (χ2v) is 7.40. The van der Waals surface area contributed by atoms with Crippen LogP contribution in [-0.4, -0.2) is 63.9 Å². The lowest BCUT2D eigenvalue weighted by molar-refractivity contribution is 0.179. The van der Waals surface area contributed by atoms with Crippen LogP contribution in [0.15, 0.2) is 47.6 Å². The molecule has 1 aliphatic rings. The molecule has 1 aromatic carbocycles. The Kier molecular flexibility index (Phi) is 7.84. The first-order valence-electron chi connectivity index (χ1n) is 10.3. The van der Waals surface area contributed by atoms with Gasteiger partial charge in [0.1, 0.15) is 11.6 Å². The van der Waals surface area contributed by atoms with Crippen LogP contribution in [0.5, 0.6) is 0 Å². The third-order valence-electron chi connectivity index (χ3n) is 5.09. The first-order chi connectivity index (χ1) is 14.6. The number of hydrogen-bond acceptors (Lipinski definition) is 5. The van der Waals surface area contributed by atoms with Crippen molar-refractivity contribution in [2.24, 2.45) is 4.99 Å². The summed E-state index contributed by atoms with van der Waals surface area (Å²) in [6, 6.07) is 11.0. The number of hydrogen-bond donors (Lipinski definition) is 2. The molecule has 7 nitrogen and oxygen atoms in total. The molecule has 1 unspecified atom stereocenters. The maximum atomic E-state index is 13.2.